The lowest BCUT2D eigenvalue weighted by Crippen LogP contribution is -2.21. The Morgan fingerprint density at radius 2 is 1.85 bits per heavy atom. The average Bonchev–Trinajstić information content (AvgIpc) is 3.20. The first-order valence-corrected chi connectivity index (χ1v) is 11.9. The summed E-state index contributed by atoms with van der Waals surface area (Å²) in [4.78, 5) is 28.6. The van der Waals surface area contributed by atoms with Gasteiger partial charge in [-0.3, -0.25) is 4.79 Å². The molecule has 1 aliphatic rings. The molecule has 0 radical (unpaired) electrons. The quantitative estimate of drug-likeness (QED) is 0.413. The number of anilines is 1. The first-order valence-electron chi connectivity index (χ1n) is 11.1. The van der Waals surface area contributed by atoms with Crippen molar-refractivity contribution in [3.63, 3.8) is 0 Å². The molecule has 0 atom stereocenters. The van der Waals surface area contributed by atoms with Crippen LogP contribution in [0.2, 0.25) is 0 Å². The third kappa shape index (κ3) is 5.15. The number of aliphatic hydroxyl groups is 1. The number of hydrogen-bond acceptors (Lipinski definition) is 5. The summed E-state index contributed by atoms with van der Waals surface area (Å²) in [6.07, 6.45) is -0.128. The smallest absolute Gasteiger partial charge is 0.386 e. The van der Waals surface area contributed by atoms with Gasteiger partial charge in [0.1, 0.15) is 6.29 Å². The molecule has 1 aliphatic carbocycles. The van der Waals surface area contributed by atoms with Crippen LogP contribution in [0.3, 0.4) is 0 Å². The number of nitrogens with zero attached hydrogens (tertiary/aromatic N) is 1. The number of hydrogen-bond donors (Lipinski definition) is 2. The topological polar surface area (TPSA) is 79.3 Å². The summed E-state index contributed by atoms with van der Waals surface area (Å²) in [5.41, 5.74) is -0.935. The number of nitrogens with one attached hydrogen (secondary N) is 1. The normalized spacial score (nSPS) is 19.2. The molecule has 0 unspecified atom stereocenters. The van der Waals surface area contributed by atoms with Crippen LogP contribution in [0.5, 0.6) is 0 Å². The van der Waals surface area contributed by atoms with Crippen molar-refractivity contribution in [2.24, 2.45) is 5.92 Å². The number of thiazole rings is 1. The van der Waals surface area contributed by atoms with Crippen molar-refractivity contribution in [2.45, 2.75) is 57.2 Å². The van der Waals surface area contributed by atoms with Crippen molar-refractivity contribution in [3.8, 4) is 0 Å². The number of halogens is 3. The number of fused-ring (bicyclic) bond motifs is 1. The highest BCUT2D eigenvalue weighted by atomic mass is 32.1. The van der Waals surface area contributed by atoms with E-state index in [1.807, 2.05) is 0 Å². The first-order chi connectivity index (χ1) is 16.0. The van der Waals surface area contributed by atoms with Gasteiger partial charge in [0.2, 0.25) is 0 Å². The molecule has 0 bridgehead atoms. The molecule has 1 saturated carbocycles. The van der Waals surface area contributed by atoms with Gasteiger partial charge in [-0.25, -0.2) is 4.98 Å². The van der Waals surface area contributed by atoms with Gasteiger partial charge in [0.15, 0.2) is 0 Å². The molecular formula is C25H25F3N2O3S. The minimum Gasteiger partial charge on any atom is -0.386 e. The van der Waals surface area contributed by atoms with E-state index in [0.29, 0.717) is 16.8 Å². The summed E-state index contributed by atoms with van der Waals surface area (Å²) in [6, 6.07) is 7.64. The maximum atomic E-state index is 13.1. The van der Waals surface area contributed by atoms with Crippen LogP contribution < -0.4 is 5.32 Å². The van der Waals surface area contributed by atoms with Crippen LogP contribution in [0.1, 0.15) is 71.9 Å². The molecule has 1 heterocycles. The van der Waals surface area contributed by atoms with Crippen LogP contribution in [0.15, 0.2) is 36.4 Å². The lowest BCUT2D eigenvalue weighted by Gasteiger charge is -2.23. The van der Waals surface area contributed by atoms with Crippen molar-refractivity contribution < 1.29 is 27.9 Å². The molecule has 1 fully saturated rings. The third-order valence-corrected chi connectivity index (χ3v) is 7.40. The van der Waals surface area contributed by atoms with Crippen LogP contribution in [0, 0.1) is 5.92 Å². The zero-order valence-electron chi connectivity index (χ0n) is 18.8. The van der Waals surface area contributed by atoms with E-state index in [1.54, 1.807) is 26.0 Å². The molecule has 180 valence electrons. The molecule has 5 nitrogen and oxygen atoms in total. The lowest BCUT2D eigenvalue weighted by molar-refractivity contribution is -0.137. The molecule has 0 saturated heterocycles. The van der Waals surface area contributed by atoms with Gasteiger partial charge < -0.3 is 15.2 Å². The molecular weight excluding hydrogens is 465 g/mol. The number of carbonyl (C=O) groups is 2. The predicted octanol–water partition coefficient (Wildman–Crippen LogP) is 6.27. The van der Waals surface area contributed by atoms with E-state index in [9.17, 15) is 27.9 Å². The molecule has 2 N–H and O–H groups in total. The van der Waals surface area contributed by atoms with Crippen molar-refractivity contribution in [1.82, 2.24) is 4.98 Å². The van der Waals surface area contributed by atoms with Gasteiger partial charge in [-0.15, -0.1) is 11.3 Å². The number of amides is 1. The summed E-state index contributed by atoms with van der Waals surface area (Å²) >= 11 is 1.49. The standard InChI is InChI=1S/C25H25F3N2O3S/c1-24(2,33)18-11-20-21(34-23(30-20)15-8-6-14(13-31)7-9-15)12-19(18)29-22(32)16-4-3-5-17(10-16)25(26,27)28/h3-5,10-15,33H,6-9H2,1-2H3,(H,29,32)/t14-,15-. The van der Waals surface area contributed by atoms with Gasteiger partial charge in [-0.2, -0.15) is 13.2 Å². The van der Waals surface area contributed by atoms with Crippen molar-refractivity contribution in [2.75, 3.05) is 5.32 Å². The number of aldehydes is 1. The van der Waals surface area contributed by atoms with E-state index in [2.05, 4.69) is 5.32 Å². The van der Waals surface area contributed by atoms with Crippen LogP contribution in [-0.2, 0) is 16.6 Å². The maximum absolute atomic E-state index is 13.1. The fraction of sp³-hybridized carbons (Fsp3) is 0.400. The van der Waals surface area contributed by atoms with Gasteiger partial charge in [-0.1, -0.05) is 6.07 Å². The molecule has 0 spiro atoms. The SMILES string of the molecule is CC(C)(O)c1cc2nc([C@H]3CC[C@H](C=O)CC3)sc2cc1NC(=O)c1cccc(C(F)(F)F)c1. The molecule has 0 aliphatic heterocycles. The molecule has 34 heavy (non-hydrogen) atoms. The first kappa shape index (κ1) is 24.3. The van der Waals surface area contributed by atoms with Crippen molar-refractivity contribution in [1.29, 1.82) is 0 Å². The highest BCUT2D eigenvalue weighted by Gasteiger charge is 2.31. The van der Waals surface area contributed by atoms with Gasteiger partial charge in [0, 0.05) is 28.7 Å². The van der Waals surface area contributed by atoms with Gasteiger partial charge in [0.05, 0.1) is 26.4 Å². The Hall–Kier alpha value is -2.78. The molecule has 4 rings (SSSR count). The van der Waals surface area contributed by atoms with Crippen molar-refractivity contribution >= 4 is 39.4 Å². The van der Waals surface area contributed by atoms with E-state index in [-0.39, 0.29) is 17.4 Å². The number of rotatable bonds is 5. The highest BCUT2D eigenvalue weighted by molar-refractivity contribution is 7.18. The third-order valence-electron chi connectivity index (χ3n) is 6.22. The van der Waals surface area contributed by atoms with E-state index >= 15 is 0 Å². The lowest BCUT2D eigenvalue weighted by atomic mass is 9.83. The Labute approximate surface area is 199 Å². The second-order valence-electron chi connectivity index (χ2n) is 9.26. The molecule has 2 aromatic carbocycles. The van der Waals surface area contributed by atoms with Gasteiger partial charge in [0.25, 0.3) is 5.91 Å². The summed E-state index contributed by atoms with van der Waals surface area (Å²) in [5.74, 6) is -0.347. The number of benzene rings is 2. The van der Waals surface area contributed by atoms with Gasteiger partial charge >= 0.3 is 6.18 Å². The summed E-state index contributed by atoms with van der Waals surface area (Å²) < 4.78 is 40.0. The summed E-state index contributed by atoms with van der Waals surface area (Å²) in [7, 11) is 0. The summed E-state index contributed by atoms with van der Waals surface area (Å²) in [6.45, 7) is 3.14. The van der Waals surface area contributed by atoms with Crippen molar-refractivity contribution in [3.05, 3.63) is 58.1 Å². The largest absolute Gasteiger partial charge is 0.416 e. The second kappa shape index (κ2) is 9.11. The van der Waals surface area contributed by atoms with E-state index in [0.717, 1.165) is 53.8 Å². The second-order valence-corrected chi connectivity index (χ2v) is 10.3. The number of carbonyl (C=O) groups excluding carboxylic acids is 2. The Balaban J connectivity index is 1.66. The van der Waals surface area contributed by atoms with E-state index < -0.39 is 23.2 Å². The Bertz CT molecular complexity index is 1220. The van der Waals surface area contributed by atoms with Crippen LogP contribution >= 0.6 is 11.3 Å². The number of alkyl halides is 3. The Morgan fingerprint density at radius 3 is 2.47 bits per heavy atom. The Kier molecular flexibility index (Phi) is 6.52. The Morgan fingerprint density at radius 1 is 1.15 bits per heavy atom. The minimum absolute atomic E-state index is 0.102. The monoisotopic (exact) mass is 490 g/mol. The molecule has 1 aromatic heterocycles. The van der Waals surface area contributed by atoms with Crippen LogP contribution in [-0.4, -0.2) is 22.3 Å². The van der Waals surface area contributed by atoms with Crippen LogP contribution in [0.25, 0.3) is 10.2 Å². The fourth-order valence-electron chi connectivity index (χ4n) is 4.31. The summed E-state index contributed by atoms with van der Waals surface area (Å²) in [5, 5.41) is 14.3. The zero-order chi connectivity index (χ0) is 24.7. The van der Waals surface area contributed by atoms with E-state index in [1.165, 1.54) is 23.5 Å². The van der Waals surface area contributed by atoms with Crippen LogP contribution in [0.4, 0.5) is 18.9 Å². The zero-order valence-corrected chi connectivity index (χ0v) is 19.6. The molecule has 9 heteroatoms. The predicted molar refractivity (Wildman–Crippen MR) is 125 cm³/mol. The maximum Gasteiger partial charge on any atom is 0.416 e. The highest BCUT2D eigenvalue weighted by Crippen LogP contribution is 2.41. The number of aromatic nitrogens is 1. The average molecular weight is 491 g/mol. The molecule has 3 aromatic rings. The minimum atomic E-state index is -4.56. The van der Waals surface area contributed by atoms with Gasteiger partial charge in [-0.05, 0) is 69.9 Å². The molecule has 1 amide bonds. The van der Waals surface area contributed by atoms with E-state index in [4.69, 9.17) is 4.98 Å². The fourth-order valence-corrected chi connectivity index (χ4v) is 5.47.